The number of hydrogen-bond acceptors (Lipinski definition) is 12. The number of carbonyl (C=O) groups is 6. The minimum Gasteiger partial charge on any atom is -0.448 e. The van der Waals surface area contributed by atoms with E-state index in [0.29, 0.717) is 60.6 Å². The van der Waals surface area contributed by atoms with E-state index in [1.165, 1.54) is 5.56 Å². The highest BCUT2D eigenvalue weighted by Gasteiger charge is 2.45. The SMILES string of the molecule is NC(=O)c1ncc(N2CCC[C@@H](N3CCOC3=O)C2)nc1Cc1ccc(C2CCN(C[C@H]3CCN(c4ccc5c(c4)C(=O)N(C4CCC(=O)NC4=O)C5=O)C3)CC2)cc1. The number of imide groups is 2. The van der Waals surface area contributed by atoms with E-state index in [-0.39, 0.29) is 30.7 Å². The first-order valence-corrected chi connectivity index (χ1v) is 20.9. The van der Waals surface area contributed by atoms with Gasteiger partial charge in [0, 0.05) is 51.3 Å². The van der Waals surface area contributed by atoms with Gasteiger partial charge in [0.2, 0.25) is 11.8 Å². The summed E-state index contributed by atoms with van der Waals surface area (Å²) in [7, 11) is 0. The lowest BCUT2D eigenvalue weighted by Gasteiger charge is -2.37. The van der Waals surface area contributed by atoms with Crippen molar-refractivity contribution >= 4 is 47.1 Å². The van der Waals surface area contributed by atoms with Crippen LogP contribution in [-0.4, -0.2) is 131 Å². The highest BCUT2D eigenvalue weighted by molar-refractivity contribution is 6.23. The van der Waals surface area contributed by atoms with E-state index in [2.05, 4.69) is 49.3 Å². The van der Waals surface area contributed by atoms with E-state index >= 15 is 0 Å². The molecule has 3 N–H and O–H groups in total. The fraction of sp³-hybridized carbons (Fsp3) is 0.488. The molecule has 0 saturated carbocycles. The number of fused-ring (bicyclic) bond motifs is 1. The molecule has 0 radical (unpaired) electrons. The molecule has 5 saturated heterocycles. The third-order valence-electron chi connectivity index (χ3n) is 13.0. The van der Waals surface area contributed by atoms with Crippen LogP contribution < -0.4 is 20.9 Å². The Morgan fingerprint density at radius 1 is 0.847 bits per heavy atom. The summed E-state index contributed by atoms with van der Waals surface area (Å²) in [5.74, 6) is -0.978. The van der Waals surface area contributed by atoms with Crippen molar-refractivity contribution in [1.29, 1.82) is 0 Å². The van der Waals surface area contributed by atoms with E-state index in [1.54, 1.807) is 23.2 Å². The first-order valence-electron chi connectivity index (χ1n) is 20.9. The van der Waals surface area contributed by atoms with Gasteiger partial charge in [-0.25, -0.2) is 14.8 Å². The van der Waals surface area contributed by atoms with Crippen LogP contribution in [0.4, 0.5) is 16.3 Å². The van der Waals surface area contributed by atoms with E-state index in [9.17, 15) is 28.8 Å². The van der Waals surface area contributed by atoms with E-state index < -0.39 is 35.6 Å². The zero-order valence-corrected chi connectivity index (χ0v) is 33.0. The van der Waals surface area contributed by atoms with Gasteiger partial charge in [-0.3, -0.25) is 34.2 Å². The van der Waals surface area contributed by atoms with Gasteiger partial charge >= 0.3 is 6.09 Å². The van der Waals surface area contributed by atoms with Gasteiger partial charge in [-0.15, -0.1) is 0 Å². The second kappa shape index (κ2) is 16.0. The van der Waals surface area contributed by atoms with E-state index in [0.717, 1.165) is 87.5 Å². The molecular weight excluding hydrogens is 755 g/mol. The van der Waals surface area contributed by atoms with Gasteiger partial charge in [-0.1, -0.05) is 24.3 Å². The number of aromatic nitrogens is 2. The standard InChI is InChI=1S/C43H49N9O7/c44-39(54)38-34(46-36(22-45-38)50-14-1-2-31(25-50)51-18-19-59-43(51)58)20-26-3-5-28(6-4-26)29-12-15-48(16-13-29)23-27-11-17-49(24-27)30-7-8-32-33(21-30)42(57)52(41(32)56)35-9-10-37(53)47-40(35)55/h3-8,21-22,27,29,31,35H,1-2,9-20,23-25H2,(H2,44,54)(H,47,53,55)/t27-,31-,35?/m1/s1. The molecule has 3 aromatic rings. The highest BCUT2D eigenvalue weighted by Crippen LogP contribution is 2.34. The number of carbonyl (C=O) groups excluding carboxylic acids is 6. The maximum atomic E-state index is 13.4. The molecule has 7 heterocycles. The predicted octanol–water partition coefficient (Wildman–Crippen LogP) is 2.69. The molecule has 16 nitrogen and oxygen atoms in total. The van der Waals surface area contributed by atoms with Gasteiger partial charge in [0.25, 0.3) is 17.7 Å². The summed E-state index contributed by atoms with van der Waals surface area (Å²) in [6.07, 6.45) is 6.95. The molecule has 16 heteroatoms. The molecule has 0 aliphatic carbocycles. The lowest BCUT2D eigenvalue weighted by Crippen LogP contribution is -2.54. The fourth-order valence-electron chi connectivity index (χ4n) is 9.84. The summed E-state index contributed by atoms with van der Waals surface area (Å²) in [6.45, 7) is 7.16. The van der Waals surface area contributed by atoms with E-state index in [4.69, 9.17) is 15.5 Å². The number of anilines is 2. The van der Waals surface area contributed by atoms with Crippen molar-refractivity contribution in [3.8, 4) is 0 Å². The average molecular weight is 804 g/mol. The Labute approximate surface area is 342 Å². The summed E-state index contributed by atoms with van der Waals surface area (Å²) in [5, 5.41) is 2.25. The Morgan fingerprint density at radius 3 is 2.39 bits per heavy atom. The molecule has 308 valence electrons. The molecule has 1 unspecified atom stereocenters. The number of nitrogens with zero attached hydrogens (tertiary/aromatic N) is 7. The van der Waals surface area contributed by atoms with Crippen LogP contribution in [-0.2, 0) is 20.7 Å². The monoisotopic (exact) mass is 803 g/mol. The number of nitrogens with one attached hydrogen (secondary N) is 1. The van der Waals surface area contributed by atoms with E-state index in [1.807, 2.05) is 6.07 Å². The van der Waals surface area contributed by atoms with Crippen LogP contribution >= 0.6 is 0 Å². The van der Waals surface area contributed by atoms with Gasteiger partial charge in [0.15, 0.2) is 0 Å². The highest BCUT2D eigenvalue weighted by atomic mass is 16.6. The zero-order valence-electron chi connectivity index (χ0n) is 33.0. The minimum absolute atomic E-state index is 0.0430. The summed E-state index contributed by atoms with van der Waals surface area (Å²) in [6, 6.07) is 13.0. The number of benzene rings is 2. The van der Waals surface area contributed by atoms with Crippen LogP contribution in [0, 0.1) is 5.92 Å². The van der Waals surface area contributed by atoms with Crippen molar-refractivity contribution in [2.45, 2.75) is 69.4 Å². The molecule has 0 bridgehead atoms. The zero-order chi connectivity index (χ0) is 40.8. The molecule has 2 aromatic carbocycles. The number of ether oxygens (including phenoxy) is 1. The van der Waals surface area contributed by atoms with Crippen LogP contribution in [0.2, 0.25) is 0 Å². The average Bonchev–Trinajstić information content (AvgIpc) is 3.96. The first-order chi connectivity index (χ1) is 28.6. The fourth-order valence-corrected chi connectivity index (χ4v) is 9.84. The van der Waals surface area contributed by atoms with Gasteiger partial charge in [-0.2, -0.15) is 0 Å². The quantitative estimate of drug-likeness (QED) is 0.286. The van der Waals surface area contributed by atoms with Crippen molar-refractivity contribution in [3.05, 3.63) is 82.3 Å². The molecule has 0 spiro atoms. The van der Waals surface area contributed by atoms with Crippen molar-refractivity contribution in [1.82, 2.24) is 30.0 Å². The van der Waals surface area contributed by atoms with Crippen LogP contribution in [0.3, 0.4) is 0 Å². The number of rotatable bonds is 10. The molecular formula is C43H49N9O7. The Balaban J connectivity index is 0.772. The first kappa shape index (κ1) is 38.6. The summed E-state index contributed by atoms with van der Waals surface area (Å²) < 4.78 is 5.17. The number of primary amides is 1. The molecule has 3 atom stereocenters. The second-order valence-electron chi connectivity index (χ2n) is 16.7. The van der Waals surface area contributed by atoms with Gasteiger partial charge in [0.05, 0.1) is 35.6 Å². The number of amides is 6. The Morgan fingerprint density at radius 2 is 1.64 bits per heavy atom. The topological polar surface area (TPSA) is 192 Å². The van der Waals surface area contributed by atoms with Crippen molar-refractivity contribution < 1.29 is 33.5 Å². The van der Waals surface area contributed by atoms with Crippen LogP contribution in [0.1, 0.15) is 98.9 Å². The minimum atomic E-state index is -0.975. The summed E-state index contributed by atoms with van der Waals surface area (Å²) in [5.41, 5.74) is 10.3. The molecule has 6 aliphatic rings. The van der Waals surface area contributed by atoms with Crippen molar-refractivity contribution in [2.75, 3.05) is 68.8 Å². The lowest BCUT2D eigenvalue weighted by molar-refractivity contribution is -0.136. The number of piperidine rings is 3. The molecule has 59 heavy (non-hydrogen) atoms. The maximum absolute atomic E-state index is 13.4. The van der Waals surface area contributed by atoms with Crippen LogP contribution in [0.25, 0.3) is 0 Å². The van der Waals surface area contributed by atoms with Gasteiger partial charge < -0.3 is 30.1 Å². The third kappa shape index (κ3) is 7.73. The summed E-state index contributed by atoms with van der Waals surface area (Å²) in [4.78, 5) is 94.3. The molecule has 5 fully saturated rings. The molecule has 9 rings (SSSR count). The molecule has 6 aliphatic heterocycles. The van der Waals surface area contributed by atoms with Gasteiger partial charge in [0.1, 0.15) is 24.2 Å². The normalized spacial score (nSPS) is 24.2. The Bertz CT molecular complexity index is 2190. The van der Waals surface area contributed by atoms with Crippen molar-refractivity contribution in [3.63, 3.8) is 0 Å². The number of nitrogens with two attached hydrogens (primary N) is 1. The van der Waals surface area contributed by atoms with Gasteiger partial charge in [-0.05, 0) is 92.8 Å². The number of cyclic esters (lactones) is 1. The maximum Gasteiger partial charge on any atom is 0.410 e. The smallest absolute Gasteiger partial charge is 0.410 e. The Hall–Kier alpha value is -5.90. The molecule has 6 amide bonds. The second-order valence-corrected chi connectivity index (χ2v) is 16.7. The number of hydrogen-bond donors (Lipinski definition) is 2. The van der Waals surface area contributed by atoms with Crippen LogP contribution in [0.5, 0.6) is 0 Å². The molecule has 1 aromatic heterocycles. The third-order valence-corrected chi connectivity index (χ3v) is 13.0. The lowest BCUT2D eigenvalue weighted by atomic mass is 9.88. The predicted molar refractivity (Wildman–Crippen MR) is 215 cm³/mol. The largest absolute Gasteiger partial charge is 0.448 e. The Kier molecular flexibility index (Phi) is 10.5. The van der Waals surface area contributed by atoms with Crippen LogP contribution in [0.15, 0.2) is 48.7 Å². The number of likely N-dealkylation sites (tertiary alicyclic amines) is 1. The summed E-state index contributed by atoms with van der Waals surface area (Å²) >= 11 is 0. The van der Waals surface area contributed by atoms with Crippen molar-refractivity contribution in [2.24, 2.45) is 11.7 Å².